The van der Waals surface area contributed by atoms with Crippen LogP contribution in [0.5, 0.6) is 0 Å². The Morgan fingerprint density at radius 3 is 2.84 bits per heavy atom. The van der Waals surface area contributed by atoms with Gasteiger partial charge in [-0.2, -0.15) is 0 Å². The number of piperidine rings is 1. The molecule has 1 aliphatic heterocycles. The second-order valence-electron chi connectivity index (χ2n) is 6.16. The summed E-state index contributed by atoms with van der Waals surface area (Å²) in [6.45, 7) is 9.05. The fourth-order valence-electron chi connectivity index (χ4n) is 3.19. The van der Waals surface area contributed by atoms with Crippen molar-refractivity contribution in [1.29, 1.82) is 0 Å². The summed E-state index contributed by atoms with van der Waals surface area (Å²) in [5, 5.41) is 0. The number of nitrogens with two attached hydrogens (primary N) is 1. The number of hydrogen-bond donors (Lipinski definition) is 1. The SMILES string of the molecule is CCC1CCCN(c2ccc(CC(C)N)cc2C)C1. The summed E-state index contributed by atoms with van der Waals surface area (Å²) < 4.78 is 0. The van der Waals surface area contributed by atoms with Gasteiger partial charge in [0.05, 0.1) is 0 Å². The van der Waals surface area contributed by atoms with Gasteiger partial charge in [-0.15, -0.1) is 0 Å². The predicted molar refractivity (Wildman–Crippen MR) is 83.8 cm³/mol. The monoisotopic (exact) mass is 260 g/mol. The Hall–Kier alpha value is -1.02. The van der Waals surface area contributed by atoms with Gasteiger partial charge in [-0.25, -0.2) is 0 Å². The number of benzene rings is 1. The van der Waals surface area contributed by atoms with Gasteiger partial charge in [0, 0.05) is 24.8 Å². The molecule has 2 nitrogen and oxygen atoms in total. The zero-order valence-electron chi connectivity index (χ0n) is 12.7. The molecule has 0 aliphatic carbocycles. The summed E-state index contributed by atoms with van der Waals surface area (Å²) >= 11 is 0. The van der Waals surface area contributed by atoms with E-state index in [2.05, 4.69) is 43.9 Å². The zero-order valence-corrected chi connectivity index (χ0v) is 12.7. The maximum Gasteiger partial charge on any atom is 0.0396 e. The van der Waals surface area contributed by atoms with Crippen molar-refractivity contribution in [2.24, 2.45) is 11.7 Å². The molecule has 2 N–H and O–H groups in total. The van der Waals surface area contributed by atoms with Crippen molar-refractivity contribution >= 4 is 5.69 Å². The second kappa shape index (κ2) is 6.42. The van der Waals surface area contributed by atoms with Crippen LogP contribution >= 0.6 is 0 Å². The molecule has 0 saturated carbocycles. The third kappa shape index (κ3) is 3.73. The highest BCUT2D eigenvalue weighted by Gasteiger charge is 2.19. The molecule has 2 rings (SSSR count). The topological polar surface area (TPSA) is 29.3 Å². The molecule has 106 valence electrons. The molecule has 2 unspecified atom stereocenters. The Kier molecular flexibility index (Phi) is 4.87. The van der Waals surface area contributed by atoms with Gasteiger partial charge in [-0.1, -0.05) is 25.5 Å². The molecule has 1 saturated heterocycles. The lowest BCUT2D eigenvalue weighted by molar-refractivity contribution is 0.404. The van der Waals surface area contributed by atoms with E-state index in [1.807, 2.05) is 0 Å². The summed E-state index contributed by atoms with van der Waals surface area (Å²) in [5.41, 5.74) is 10.1. The Morgan fingerprint density at radius 2 is 2.21 bits per heavy atom. The molecule has 0 spiro atoms. The van der Waals surface area contributed by atoms with E-state index in [1.54, 1.807) is 0 Å². The quantitative estimate of drug-likeness (QED) is 0.897. The Labute approximate surface area is 118 Å². The highest BCUT2D eigenvalue weighted by atomic mass is 15.1. The fraction of sp³-hybridized carbons (Fsp3) is 0.647. The number of hydrogen-bond acceptors (Lipinski definition) is 2. The summed E-state index contributed by atoms with van der Waals surface area (Å²) in [4.78, 5) is 2.57. The number of anilines is 1. The maximum absolute atomic E-state index is 5.88. The zero-order chi connectivity index (χ0) is 13.8. The average molecular weight is 260 g/mol. The molecule has 1 fully saturated rings. The first-order valence-corrected chi connectivity index (χ1v) is 7.70. The van der Waals surface area contributed by atoms with E-state index in [4.69, 9.17) is 5.73 Å². The van der Waals surface area contributed by atoms with Gasteiger partial charge < -0.3 is 10.6 Å². The molecule has 0 aromatic heterocycles. The number of rotatable bonds is 4. The minimum Gasteiger partial charge on any atom is -0.371 e. The van der Waals surface area contributed by atoms with Gasteiger partial charge in [-0.05, 0) is 56.2 Å². The third-order valence-electron chi connectivity index (χ3n) is 4.26. The van der Waals surface area contributed by atoms with Crippen molar-refractivity contribution < 1.29 is 0 Å². The molecular weight excluding hydrogens is 232 g/mol. The number of nitrogens with zero attached hydrogens (tertiary/aromatic N) is 1. The van der Waals surface area contributed by atoms with E-state index >= 15 is 0 Å². The van der Waals surface area contributed by atoms with E-state index in [0.29, 0.717) is 0 Å². The molecule has 1 heterocycles. The van der Waals surface area contributed by atoms with E-state index < -0.39 is 0 Å². The minimum absolute atomic E-state index is 0.240. The van der Waals surface area contributed by atoms with Gasteiger partial charge in [0.2, 0.25) is 0 Å². The molecule has 2 heteroatoms. The van der Waals surface area contributed by atoms with Crippen LogP contribution in [0.15, 0.2) is 18.2 Å². The summed E-state index contributed by atoms with van der Waals surface area (Å²) in [6.07, 6.45) is 5.01. The van der Waals surface area contributed by atoms with Crippen LogP contribution < -0.4 is 10.6 Å². The Balaban J connectivity index is 2.11. The van der Waals surface area contributed by atoms with E-state index in [9.17, 15) is 0 Å². The van der Waals surface area contributed by atoms with Crippen LogP contribution in [0, 0.1) is 12.8 Å². The second-order valence-corrected chi connectivity index (χ2v) is 6.16. The van der Waals surface area contributed by atoms with E-state index in [-0.39, 0.29) is 6.04 Å². The fourth-order valence-corrected chi connectivity index (χ4v) is 3.19. The Bertz CT molecular complexity index is 412. The van der Waals surface area contributed by atoms with Gasteiger partial charge in [0.1, 0.15) is 0 Å². The molecule has 1 aliphatic rings. The molecular formula is C17H28N2. The van der Waals surface area contributed by atoms with Crippen molar-refractivity contribution in [3.05, 3.63) is 29.3 Å². The van der Waals surface area contributed by atoms with E-state index in [1.165, 1.54) is 49.2 Å². The Morgan fingerprint density at radius 1 is 1.42 bits per heavy atom. The first kappa shape index (κ1) is 14.4. The predicted octanol–water partition coefficient (Wildman–Crippen LogP) is 3.51. The van der Waals surface area contributed by atoms with E-state index in [0.717, 1.165) is 12.3 Å². The van der Waals surface area contributed by atoms with Crippen LogP contribution in [0.4, 0.5) is 5.69 Å². The lowest BCUT2D eigenvalue weighted by Gasteiger charge is -2.35. The molecule has 2 atom stereocenters. The van der Waals surface area contributed by atoms with Crippen molar-refractivity contribution in [3.63, 3.8) is 0 Å². The lowest BCUT2D eigenvalue weighted by atomic mass is 9.94. The molecule has 1 aromatic carbocycles. The van der Waals surface area contributed by atoms with Crippen LogP contribution in [-0.2, 0) is 6.42 Å². The van der Waals surface area contributed by atoms with Gasteiger partial charge in [0.15, 0.2) is 0 Å². The van der Waals surface area contributed by atoms with Gasteiger partial charge >= 0.3 is 0 Å². The average Bonchev–Trinajstić information content (AvgIpc) is 2.38. The van der Waals surface area contributed by atoms with Crippen LogP contribution in [-0.4, -0.2) is 19.1 Å². The number of aryl methyl sites for hydroxylation is 1. The molecule has 0 radical (unpaired) electrons. The van der Waals surface area contributed by atoms with Crippen molar-refractivity contribution in [1.82, 2.24) is 0 Å². The summed E-state index contributed by atoms with van der Waals surface area (Å²) in [6, 6.07) is 7.10. The first-order chi connectivity index (χ1) is 9.10. The van der Waals surface area contributed by atoms with Crippen LogP contribution in [0.25, 0.3) is 0 Å². The standard InChI is InChI=1S/C17H28N2/c1-4-15-6-5-9-19(12-15)17-8-7-16(10-13(17)2)11-14(3)18/h7-8,10,14-15H,4-6,9,11-12,18H2,1-3H3. The third-order valence-corrected chi connectivity index (χ3v) is 4.26. The van der Waals surface area contributed by atoms with Crippen molar-refractivity contribution in [2.75, 3.05) is 18.0 Å². The summed E-state index contributed by atoms with van der Waals surface area (Å²) in [5.74, 6) is 0.872. The molecule has 19 heavy (non-hydrogen) atoms. The maximum atomic E-state index is 5.88. The van der Waals surface area contributed by atoms with Crippen molar-refractivity contribution in [2.45, 2.75) is 52.5 Å². The summed E-state index contributed by atoms with van der Waals surface area (Å²) in [7, 11) is 0. The normalized spacial score (nSPS) is 21.5. The highest BCUT2D eigenvalue weighted by molar-refractivity contribution is 5.55. The van der Waals surface area contributed by atoms with Gasteiger partial charge in [-0.3, -0.25) is 0 Å². The van der Waals surface area contributed by atoms with Crippen molar-refractivity contribution in [3.8, 4) is 0 Å². The molecule has 0 amide bonds. The minimum atomic E-state index is 0.240. The molecule has 0 bridgehead atoms. The van der Waals surface area contributed by atoms with Crippen LogP contribution in [0.1, 0.15) is 44.2 Å². The smallest absolute Gasteiger partial charge is 0.0396 e. The van der Waals surface area contributed by atoms with Crippen LogP contribution in [0.3, 0.4) is 0 Å². The molecule has 1 aromatic rings. The highest BCUT2D eigenvalue weighted by Crippen LogP contribution is 2.28. The first-order valence-electron chi connectivity index (χ1n) is 7.70. The lowest BCUT2D eigenvalue weighted by Crippen LogP contribution is -2.35. The van der Waals surface area contributed by atoms with Gasteiger partial charge in [0.25, 0.3) is 0 Å². The van der Waals surface area contributed by atoms with Crippen LogP contribution in [0.2, 0.25) is 0 Å². The largest absolute Gasteiger partial charge is 0.371 e.